The van der Waals surface area contributed by atoms with Gasteiger partial charge in [0.2, 0.25) is 0 Å². The second-order valence-corrected chi connectivity index (χ2v) is 8.95. The van der Waals surface area contributed by atoms with Gasteiger partial charge in [0.25, 0.3) is 5.91 Å². The van der Waals surface area contributed by atoms with Crippen LogP contribution in [0.15, 0.2) is 34.8 Å². The van der Waals surface area contributed by atoms with Crippen molar-refractivity contribution in [2.24, 2.45) is 0 Å². The summed E-state index contributed by atoms with van der Waals surface area (Å²) >= 11 is 9.31. The van der Waals surface area contributed by atoms with Crippen molar-refractivity contribution in [2.45, 2.75) is 40.0 Å². The maximum absolute atomic E-state index is 12.4. The highest BCUT2D eigenvalue weighted by atomic mass is 79.9. The normalized spacial score (nSPS) is 13.6. The number of likely N-dealkylation sites (tertiary alicyclic amines) is 1. The molecule has 31 heavy (non-hydrogen) atoms. The molecule has 0 aliphatic carbocycles. The van der Waals surface area contributed by atoms with Gasteiger partial charge in [-0.1, -0.05) is 18.3 Å². The molecule has 1 aliphatic rings. The molecule has 0 saturated carbocycles. The highest BCUT2D eigenvalue weighted by molar-refractivity contribution is 9.10. The Hall–Kier alpha value is -2.12. The second-order valence-electron chi connectivity index (χ2n) is 7.71. The summed E-state index contributed by atoms with van der Waals surface area (Å²) in [6.45, 7) is 8.30. The molecule has 2 aromatic rings. The quantitative estimate of drug-likeness (QED) is 0.494. The fraction of sp³-hybridized carbons (Fsp3) is 0.417. The molecule has 3 rings (SSSR count). The van der Waals surface area contributed by atoms with Crippen molar-refractivity contribution < 1.29 is 14.3 Å². The summed E-state index contributed by atoms with van der Waals surface area (Å²) in [6, 6.07) is 9.67. The number of ether oxygens (including phenoxy) is 2. The first-order valence-corrected chi connectivity index (χ1v) is 11.8. The van der Waals surface area contributed by atoms with Gasteiger partial charge in [0.15, 0.2) is 18.1 Å². The molecule has 1 N–H and O–H groups in total. The smallest absolute Gasteiger partial charge is 0.262 e. The zero-order valence-electron chi connectivity index (χ0n) is 18.3. The Morgan fingerprint density at radius 2 is 1.84 bits per heavy atom. The number of hydrogen-bond acceptors (Lipinski definition) is 4. The summed E-state index contributed by atoms with van der Waals surface area (Å²) in [6.07, 6.45) is 3.58. The lowest BCUT2D eigenvalue weighted by molar-refractivity contribution is -0.118. The van der Waals surface area contributed by atoms with Gasteiger partial charge in [0.05, 0.1) is 11.1 Å². The minimum Gasteiger partial charge on any atom is -0.490 e. The van der Waals surface area contributed by atoms with Crippen LogP contribution in [0.25, 0.3) is 0 Å². The standard InChI is InChI=1S/C24H29BrN2O3S/c1-4-29-21-14-18(24(31)27-10-6-5-7-11-27)13-20(25)23(21)30-15-22(28)26-19-9-8-16(2)17(3)12-19/h8-9,12-14H,4-7,10-11,15H2,1-3H3,(H,26,28). The molecule has 2 aromatic carbocycles. The van der Waals surface area contributed by atoms with E-state index in [4.69, 9.17) is 21.7 Å². The van der Waals surface area contributed by atoms with Crippen LogP contribution in [-0.4, -0.2) is 42.1 Å². The van der Waals surface area contributed by atoms with Crippen LogP contribution < -0.4 is 14.8 Å². The van der Waals surface area contributed by atoms with Crippen molar-refractivity contribution in [3.05, 3.63) is 51.5 Å². The summed E-state index contributed by atoms with van der Waals surface area (Å²) < 4.78 is 12.4. The summed E-state index contributed by atoms with van der Waals surface area (Å²) in [7, 11) is 0. The van der Waals surface area contributed by atoms with Crippen molar-refractivity contribution in [1.82, 2.24) is 4.90 Å². The summed E-state index contributed by atoms with van der Waals surface area (Å²) in [4.78, 5) is 15.5. The number of carbonyl (C=O) groups is 1. The molecule has 1 aliphatic heterocycles. The zero-order chi connectivity index (χ0) is 22.4. The molecular formula is C24H29BrN2O3S. The van der Waals surface area contributed by atoms with Gasteiger partial charge in [-0.2, -0.15) is 0 Å². The second kappa shape index (κ2) is 11.0. The topological polar surface area (TPSA) is 50.8 Å². The predicted molar refractivity (Wildman–Crippen MR) is 132 cm³/mol. The van der Waals surface area contributed by atoms with E-state index in [1.54, 1.807) is 0 Å². The number of nitrogens with one attached hydrogen (secondary N) is 1. The summed E-state index contributed by atoms with van der Waals surface area (Å²) in [5, 5.41) is 2.88. The van der Waals surface area contributed by atoms with E-state index in [1.165, 1.54) is 12.0 Å². The summed E-state index contributed by atoms with van der Waals surface area (Å²) in [5.41, 5.74) is 3.98. The fourth-order valence-electron chi connectivity index (χ4n) is 3.53. The fourth-order valence-corrected chi connectivity index (χ4v) is 4.38. The Morgan fingerprint density at radius 1 is 1.10 bits per heavy atom. The van der Waals surface area contributed by atoms with Crippen LogP contribution in [0.2, 0.25) is 0 Å². The predicted octanol–water partition coefficient (Wildman–Crippen LogP) is 5.64. The minimum absolute atomic E-state index is 0.123. The lowest BCUT2D eigenvalue weighted by atomic mass is 10.1. The SMILES string of the molecule is CCOc1cc(C(=S)N2CCCCC2)cc(Br)c1OCC(=O)Nc1ccc(C)c(C)c1. The number of halogens is 1. The van der Waals surface area contributed by atoms with Crippen molar-refractivity contribution in [1.29, 1.82) is 0 Å². The van der Waals surface area contributed by atoms with Crippen LogP contribution in [0.4, 0.5) is 5.69 Å². The molecule has 7 heteroatoms. The molecule has 1 fully saturated rings. The van der Waals surface area contributed by atoms with E-state index in [-0.39, 0.29) is 12.5 Å². The Morgan fingerprint density at radius 3 is 2.52 bits per heavy atom. The number of aryl methyl sites for hydroxylation is 2. The number of nitrogens with zero attached hydrogens (tertiary/aromatic N) is 1. The van der Waals surface area contributed by atoms with Crippen molar-refractivity contribution >= 4 is 44.7 Å². The van der Waals surface area contributed by atoms with Crippen LogP contribution in [0.5, 0.6) is 11.5 Å². The molecule has 0 atom stereocenters. The first-order chi connectivity index (χ1) is 14.9. The third kappa shape index (κ3) is 6.20. The molecular weight excluding hydrogens is 476 g/mol. The monoisotopic (exact) mass is 504 g/mol. The Bertz CT molecular complexity index is 958. The molecule has 166 valence electrons. The molecule has 1 heterocycles. The van der Waals surface area contributed by atoms with Gasteiger partial charge in [0.1, 0.15) is 4.99 Å². The molecule has 0 bridgehead atoms. The number of piperidine rings is 1. The molecule has 0 aromatic heterocycles. The maximum atomic E-state index is 12.4. The molecule has 0 radical (unpaired) electrons. The van der Waals surface area contributed by atoms with Crippen molar-refractivity contribution in [3.8, 4) is 11.5 Å². The van der Waals surface area contributed by atoms with Crippen LogP contribution in [0.1, 0.15) is 42.9 Å². The van der Waals surface area contributed by atoms with Gasteiger partial charge in [-0.05, 0) is 91.4 Å². The van der Waals surface area contributed by atoms with E-state index in [9.17, 15) is 4.79 Å². The van der Waals surface area contributed by atoms with E-state index < -0.39 is 0 Å². The average molecular weight is 505 g/mol. The number of rotatable bonds is 7. The zero-order valence-corrected chi connectivity index (χ0v) is 20.7. The lowest BCUT2D eigenvalue weighted by Crippen LogP contribution is -2.34. The minimum atomic E-state index is -0.231. The van der Waals surface area contributed by atoms with Gasteiger partial charge < -0.3 is 19.7 Å². The van der Waals surface area contributed by atoms with Gasteiger partial charge in [-0.25, -0.2) is 0 Å². The number of thiocarbonyl (C=S) groups is 1. The van der Waals surface area contributed by atoms with Gasteiger partial charge in [-0.3, -0.25) is 4.79 Å². The average Bonchev–Trinajstić information content (AvgIpc) is 2.76. The molecule has 5 nitrogen and oxygen atoms in total. The first kappa shape index (κ1) is 23.5. The van der Waals surface area contributed by atoms with Crippen LogP contribution in [-0.2, 0) is 4.79 Å². The molecule has 0 spiro atoms. The number of anilines is 1. The number of benzene rings is 2. The van der Waals surface area contributed by atoms with Crippen LogP contribution in [0.3, 0.4) is 0 Å². The van der Waals surface area contributed by atoms with E-state index in [1.807, 2.05) is 51.1 Å². The van der Waals surface area contributed by atoms with E-state index in [0.29, 0.717) is 22.6 Å². The lowest BCUT2D eigenvalue weighted by Gasteiger charge is -2.29. The maximum Gasteiger partial charge on any atom is 0.262 e. The Balaban J connectivity index is 1.71. The number of hydrogen-bond donors (Lipinski definition) is 1. The molecule has 0 unspecified atom stereocenters. The van der Waals surface area contributed by atoms with Gasteiger partial charge in [-0.15, -0.1) is 0 Å². The number of carbonyl (C=O) groups excluding carboxylic acids is 1. The van der Waals surface area contributed by atoms with Crippen molar-refractivity contribution in [3.63, 3.8) is 0 Å². The Kier molecular flexibility index (Phi) is 8.32. The van der Waals surface area contributed by atoms with Gasteiger partial charge >= 0.3 is 0 Å². The Labute approximate surface area is 198 Å². The van der Waals surface area contributed by atoms with Gasteiger partial charge in [0, 0.05) is 24.3 Å². The van der Waals surface area contributed by atoms with Crippen LogP contribution >= 0.6 is 28.1 Å². The first-order valence-electron chi connectivity index (χ1n) is 10.6. The summed E-state index contributed by atoms with van der Waals surface area (Å²) in [5.74, 6) is 0.845. The number of amides is 1. The third-order valence-electron chi connectivity index (χ3n) is 5.34. The highest BCUT2D eigenvalue weighted by Crippen LogP contribution is 2.37. The van der Waals surface area contributed by atoms with E-state index in [2.05, 4.69) is 26.1 Å². The largest absolute Gasteiger partial charge is 0.490 e. The highest BCUT2D eigenvalue weighted by Gasteiger charge is 2.20. The van der Waals surface area contributed by atoms with E-state index >= 15 is 0 Å². The van der Waals surface area contributed by atoms with Crippen LogP contribution in [0, 0.1) is 13.8 Å². The molecule has 1 saturated heterocycles. The third-order valence-corrected chi connectivity index (χ3v) is 6.42. The van der Waals surface area contributed by atoms with Crippen molar-refractivity contribution in [2.75, 3.05) is 31.6 Å². The molecule has 1 amide bonds. The van der Waals surface area contributed by atoms with E-state index in [0.717, 1.165) is 47.7 Å².